The van der Waals surface area contributed by atoms with E-state index < -0.39 is 0 Å². The highest BCUT2D eigenvalue weighted by atomic mass is 16.3. The summed E-state index contributed by atoms with van der Waals surface area (Å²) in [5.74, 6) is 5.64. The van der Waals surface area contributed by atoms with Crippen LogP contribution in [0.15, 0.2) is 11.6 Å². The van der Waals surface area contributed by atoms with E-state index in [0.717, 1.165) is 54.8 Å². The molecule has 0 aliphatic heterocycles. The fourth-order valence-corrected chi connectivity index (χ4v) is 9.39. The van der Waals surface area contributed by atoms with Crippen molar-refractivity contribution in [3.63, 3.8) is 0 Å². The van der Waals surface area contributed by atoms with E-state index in [1.807, 2.05) is 0 Å². The van der Waals surface area contributed by atoms with Crippen molar-refractivity contribution in [2.24, 2.45) is 52.3 Å². The maximum atomic E-state index is 10.6. The minimum absolute atomic E-state index is 0.0151. The number of fused-ring (bicyclic) bond motifs is 5. The van der Waals surface area contributed by atoms with E-state index in [9.17, 15) is 10.2 Å². The van der Waals surface area contributed by atoms with E-state index in [0.29, 0.717) is 17.9 Å². The Kier molecular flexibility index (Phi) is 7.01. The first kappa shape index (κ1) is 23.8. The number of rotatable bonds is 7. The molecule has 0 heterocycles. The summed E-state index contributed by atoms with van der Waals surface area (Å²) in [6, 6.07) is 0. The van der Waals surface area contributed by atoms with Gasteiger partial charge in [-0.25, -0.2) is 0 Å². The average molecular weight is 431 g/mol. The normalized spacial score (nSPS) is 44.3. The number of hydrogen-bond acceptors (Lipinski definition) is 2. The maximum Gasteiger partial charge on any atom is 0.0577 e. The van der Waals surface area contributed by atoms with Gasteiger partial charge in [-0.3, -0.25) is 0 Å². The Balaban J connectivity index is 1.50. The Morgan fingerprint density at radius 1 is 1.03 bits per heavy atom. The quantitative estimate of drug-likeness (QED) is 0.427. The standard InChI is InChI=1S/C29H50O2/c1-6-21(19(2)3)8-7-20(4)25-11-12-26-24-10-9-22-17-23(31)13-16-29(22,18-30)27(24)14-15-28(25,26)5/h9,19-21,23-27,30-31H,6-8,10-18H2,1-5H3/t20-,21-,23-,24+,25+,26-,27-,28-,29-/m1/s1. The van der Waals surface area contributed by atoms with E-state index in [-0.39, 0.29) is 11.5 Å². The first-order chi connectivity index (χ1) is 14.8. The summed E-state index contributed by atoms with van der Waals surface area (Å²) in [7, 11) is 0. The van der Waals surface area contributed by atoms with Gasteiger partial charge in [-0.2, -0.15) is 0 Å². The van der Waals surface area contributed by atoms with Crippen LogP contribution in [0.25, 0.3) is 0 Å². The Morgan fingerprint density at radius 2 is 1.81 bits per heavy atom. The highest BCUT2D eigenvalue weighted by Crippen LogP contribution is 2.67. The summed E-state index contributed by atoms with van der Waals surface area (Å²) in [5.41, 5.74) is 1.88. The lowest BCUT2D eigenvalue weighted by atomic mass is 9.46. The summed E-state index contributed by atoms with van der Waals surface area (Å²) < 4.78 is 0. The van der Waals surface area contributed by atoms with Crippen LogP contribution in [-0.4, -0.2) is 22.9 Å². The van der Waals surface area contributed by atoms with Crippen LogP contribution < -0.4 is 0 Å². The Bertz CT molecular complexity index is 653. The van der Waals surface area contributed by atoms with Crippen LogP contribution in [0.3, 0.4) is 0 Å². The first-order valence-electron chi connectivity index (χ1n) is 13.7. The summed E-state index contributed by atoms with van der Waals surface area (Å²) in [6.07, 6.45) is 15.7. The molecule has 2 nitrogen and oxygen atoms in total. The van der Waals surface area contributed by atoms with Gasteiger partial charge in [0.1, 0.15) is 0 Å². The zero-order chi connectivity index (χ0) is 22.4. The molecule has 0 unspecified atom stereocenters. The van der Waals surface area contributed by atoms with Crippen molar-refractivity contribution in [3.05, 3.63) is 11.6 Å². The number of allylic oxidation sites excluding steroid dienone is 1. The van der Waals surface area contributed by atoms with Crippen molar-refractivity contribution in [1.29, 1.82) is 0 Å². The van der Waals surface area contributed by atoms with Crippen LogP contribution in [-0.2, 0) is 0 Å². The van der Waals surface area contributed by atoms with Gasteiger partial charge in [0.15, 0.2) is 0 Å². The molecule has 178 valence electrons. The molecule has 0 bridgehead atoms. The second-order valence-corrected chi connectivity index (χ2v) is 12.7. The number of aliphatic hydroxyl groups is 2. The maximum absolute atomic E-state index is 10.6. The van der Waals surface area contributed by atoms with Gasteiger partial charge in [0.2, 0.25) is 0 Å². The van der Waals surface area contributed by atoms with Gasteiger partial charge in [0.25, 0.3) is 0 Å². The van der Waals surface area contributed by atoms with Gasteiger partial charge in [0, 0.05) is 5.41 Å². The summed E-state index contributed by atoms with van der Waals surface area (Å²) in [4.78, 5) is 0. The topological polar surface area (TPSA) is 40.5 Å². The third-order valence-electron chi connectivity index (χ3n) is 11.3. The van der Waals surface area contributed by atoms with E-state index >= 15 is 0 Å². The average Bonchev–Trinajstić information content (AvgIpc) is 3.10. The van der Waals surface area contributed by atoms with Gasteiger partial charge in [-0.05, 0) is 105 Å². The lowest BCUT2D eigenvalue weighted by Gasteiger charge is -2.59. The molecule has 0 radical (unpaired) electrons. The summed E-state index contributed by atoms with van der Waals surface area (Å²) in [6.45, 7) is 12.7. The molecule has 0 saturated heterocycles. The van der Waals surface area contributed by atoms with E-state index in [1.54, 1.807) is 0 Å². The van der Waals surface area contributed by atoms with Crippen LogP contribution >= 0.6 is 0 Å². The first-order valence-corrected chi connectivity index (χ1v) is 13.7. The molecular weight excluding hydrogens is 380 g/mol. The predicted molar refractivity (Wildman–Crippen MR) is 130 cm³/mol. The number of hydrogen-bond donors (Lipinski definition) is 2. The van der Waals surface area contributed by atoms with Crippen molar-refractivity contribution in [1.82, 2.24) is 0 Å². The second-order valence-electron chi connectivity index (χ2n) is 12.7. The molecule has 0 amide bonds. The minimum Gasteiger partial charge on any atom is -0.395 e. The monoisotopic (exact) mass is 430 g/mol. The SMILES string of the molecule is CC[C@H](CC[C@@H](C)[C@@H]1CC[C@@H]2[C@@H]3CC=C4C[C@H](O)CC[C@]4(CO)[C@@H]3CC[C@@]21C)C(C)C. The molecule has 4 rings (SSSR count). The van der Waals surface area contributed by atoms with Crippen LogP contribution in [0.4, 0.5) is 0 Å². The smallest absolute Gasteiger partial charge is 0.0577 e. The molecule has 2 N–H and O–H groups in total. The molecule has 4 aliphatic carbocycles. The third kappa shape index (κ3) is 3.96. The largest absolute Gasteiger partial charge is 0.395 e. The van der Waals surface area contributed by atoms with Gasteiger partial charge in [-0.15, -0.1) is 0 Å². The lowest BCUT2D eigenvalue weighted by molar-refractivity contribution is -0.0797. The molecule has 0 aromatic carbocycles. The lowest BCUT2D eigenvalue weighted by Crippen LogP contribution is -2.53. The van der Waals surface area contributed by atoms with Gasteiger partial charge in [-0.1, -0.05) is 59.1 Å². The molecule has 3 saturated carbocycles. The molecule has 0 aromatic heterocycles. The fourth-order valence-electron chi connectivity index (χ4n) is 9.39. The molecule has 4 aliphatic rings. The molecule has 3 fully saturated rings. The minimum atomic E-state index is -0.189. The zero-order valence-electron chi connectivity index (χ0n) is 21.1. The highest BCUT2D eigenvalue weighted by Gasteiger charge is 2.60. The van der Waals surface area contributed by atoms with E-state index in [4.69, 9.17) is 0 Å². The van der Waals surface area contributed by atoms with Crippen LogP contribution in [0.1, 0.15) is 105 Å². The van der Waals surface area contributed by atoms with Crippen molar-refractivity contribution < 1.29 is 10.2 Å². The Labute approximate surface area is 192 Å². The summed E-state index contributed by atoms with van der Waals surface area (Å²) >= 11 is 0. The Hall–Kier alpha value is -0.340. The molecule has 31 heavy (non-hydrogen) atoms. The van der Waals surface area contributed by atoms with Crippen molar-refractivity contribution in [2.75, 3.05) is 6.61 Å². The number of aliphatic hydroxyl groups excluding tert-OH is 2. The van der Waals surface area contributed by atoms with Crippen molar-refractivity contribution in [3.8, 4) is 0 Å². The van der Waals surface area contributed by atoms with Crippen LogP contribution in [0.5, 0.6) is 0 Å². The van der Waals surface area contributed by atoms with Crippen LogP contribution in [0.2, 0.25) is 0 Å². The third-order valence-corrected chi connectivity index (χ3v) is 11.3. The fraction of sp³-hybridized carbons (Fsp3) is 0.931. The molecular formula is C29H50O2. The van der Waals surface area contributed by atoms with Crippen LogP contribution in [0, 0.1) is 52.3 Å². The van der Waals surface area contributed by atoms with Crippen molar-refractivity contribution in [2.45, 2.75) is 111 Å². The zero-order valence-corrected chi connectivity index (χ0v) is 21.1. The van der Waals surface area contributed by atoms with Gasteiger partial charge in [0.05, 0.1) is 12.7 Å². The second kappa shape index (κ2) is 9.13. The molecule has 0 spiro atoms. The molecule has 9 atom stereocenters. The van der Waals surface area contributed by atoms with Gasteiger partial charge < -0.3 is 10.2 Å². The predicted octanol–water partition coefficient (Wildman–Crippen LogP) is 7.00. The summed E-state index contributed by atoms with van der Waals surface area (Å²) in [5, 5.41) is 20.9. The molecule has 0 aromatic rings. The van der Waals surface area contributed by atoms with Crippen molar-refractivity contribution >= 4 is 0 Å². The van der Waals surface area contributed by atoms with E-state index in [1.165, 1.54) is 56.9 Å². The van der Waals surface area contributed by atoms with Gasteiger partial charge >= 0.3 is 0 Å². The highest BCUT2D eigenvalue weighted by molar-refractivity contribution is 5.26. The Morgan fingerprint density at radius 3 is 2.48 bits per heavy atom. The van der Waals surface area contributed by atoms with E-state index in [2.05, 4.69) is 40.7 Å². The molecule has 2 heteroatoms.